The highest BCUT2D eigenvalue weighted by atomic mass is 32.2. The molecule has 10 heteroatoms. The van der Waals surface area contributed by atoms with Gasteiger partial charge in [-0.05, 0) is 55.3 Å². The topological polar surface area (TPSA) is 79.4 Å². The molecule has 1 amide bonds. The number of anilines is 1. The first-order valence-corrected chi connectivity index (χ1v) is 12.5. The van der Waals surface area contributed by atoms with E-state index in [-0.39, 0.29) is 15.6 Å². The molecule has 0 aliphatic carbocycles. The normalized spacial score (nSPS) is 15.3. The van der Waals surface area contributed by atoms with Gasteiger partial charge >= 0.3 is 0 Å². The Balaban J connectivity index is 1.45. The minimum Gasteiger partial charge on any atom is -0.298 e. The van der Waals surface area contributed by atoms with Crippen molar-refractivity contribution in [3.63, 3.8) is 0 Å². The highest BCUT2D eigenvalue weighted by Gasteiger charge is 2.25. The van der Waals surface area contributed by atoms with Crippen molar-refractivity contribution in [2.45, 2.75) is 30.6 Å². The van der Waals surface area contributed by atoms with Crippen LogP contribution in [0.3, 0.4) is 0 Å². The minimum absolute atomic E-state index is 0.158. The second-order valence-electron chi connectivity index (χ2n) is 7.46. The molecule has 6 nitrogen and oxygen atoms in total. The number of hydrogen-bond donors (Lipinski definition) is 1. The smallest absolute Gasteiger partial charge is 0.257 e. The number of amides is 1. The molecule has 1 aliphatic rings. The summed E-state index contributed by atoms with van der Waals surface area (Å²) < 4.78 is 53.8. The minimum atomic E-state index is -3.59. The first-order valence-electron chi connectivity index (χ1n) is 10.2. The van der Waals surface area contributed by atoms with Crippen molar-refractivity contribution in [3.8, 4) is 11.3 Å². The number of nitrogens with zero attached hydrogens (tertiary/aromatic N) is 2. The van der Waals surface area contributed by atoms with E-state index in [1.54, 1.807) is 5.38 Å². The number of sulfonamides is 1. The van der Waals surface area contributed by atoms with Crippen LogP contribution in [0.1, 0.15) is 36.0 Å². The fourth-order valence-electron chi connectivity index (χ4n) is 3.50. The van der Waals surface area contributed by atoms with Gasteiger partial charge in [0.2, 0.25) is 10.0 Å². The van der Waals surface area contributed by atoms with Gasteiger partial charge < -0.3 is 0 Å². The standard InChI is InChI=1S/C22H21F2N3O3S2/c23-18-10-7-16(13-19(18)24)20-14-31-22(25-20)26-21(28)15-5-8-17(9-6-15)32(29,30)27-11-3-1-2-4-12-27/h5-10,13-14H,1-4,11-12H2,(H,25,26,28). The average Bonchev–Trinajstić information content (AvgIpc) is 3.06. The molecule has 0 bridgehead atoms. The molecule has 1 aromatic heterocycles. The lowest BCUT2D eigenvalue weighted by Crippen LogP contribution is -2.31. The maximum Gasteiger partial charge on any atom is 0.257 e. The van der Waals surface area contributed by atoms with E-state index in [4.69, 9.17) is 0 Å². The Kier molecular flexibility index (Phi) is 6.63. The third-order valence-electron chi connectivity index (χ3n) is 5.26. The molecule has 0 atom stereocenters. The quantitative estimate of drug-likeness (QED) is 0.567. The van der Waals surface area contributed by atoms with Gasteiger partial charge in [0.25, 0.3) is 5.91 Å². The molecule has 1 aliphatic heterocycles. The highest BCUT2D eigenvalue weighted by Crippen LogP contribution is 2.27. The first-order chi connectivity index (χ1) is 15.3. The summed E-state index contributed by atoms with van der Waals surface area (Å²) in [4.78, 5) is 16.9. The maximum atomic E-state index is 13.4. The Hall–Kier alpha value is -2.69. The summed E-state index contributed by atoms with van der Waals surface area (Å²) >= 11 is 1.14. The number of halogens is 2. The van der Waals surface area contributed by atoms with Crippen LogP contribution in [-0.2, 0) is 10.0 Å². The zero-order chi connectivity index (χ0) is 22.7. The van der Waals surface area contributed by atoms with E-state index in [1.807, 2.05) is 0 Å². The summed E-state index contributed by atoms with van der Waals surface area (Å²) in [6.07, 6.45) is 3.75. The number of carbonyl (C=O) groups excluding carboxylic acids is 1. The Morgan fingerprint density at radius 3 is 2.31 bits per heavy atom. The summed E-state index contributed by atoms with van der Waals surface area (Å²) in [5.41, 5.74) is 1.08. The molecule has 0 radical (unpaired) electrons. The largest absolute Gasteiger partial charge is 0.298 e. The Morgan fingerprint density at radius 1 is 0.969 bits per heavy atom. The van der Waals surface area contributed by atoms with Gasteiger partial charge in [-0.25, -0.2) is 22.2 Å². The van der Waals surface area contributed by atoms with Crippen LogP contribution in [0, 0.1) is 11.6 Å². The van der Waals surface area contributed by atoms with Crippen LogP contribution in [0.25, 0.3) is 11.3 Å². The fourth-order valence-corrected chi connectivity index (χ4v) is 5.73. The predicted octanol–water partition coefficient (Wildman–Crippen LogP) is 4.91. The molecule has 0 unspecified atom stereocenters. The van der Waals surface area contributed by atoms with E-state index in [0.717, 1.165) is 49.2 Å². The number of benzene rings is 2. The Morgan fingerprint density at radius 2 is 1.66 bits per heavy atom. The van der Waals surface area contributed by atoms with Crippen molar-refractivity contribution in [2.24, 2.45) is 0 Å². The first kappa shape index (κ1) is 22.5. The van der Waals surface area contributed by atoms with Crippen LogP contribution >= 0.6 is 11.3 Å². The molecule has 32 heavy (non-hydrogen) atoms. The Labute approximate surface area is 189 Å². The van der Waals surface area contributed by atoms with E-state index in [9.17, 15) is 22.0 Å². The summed E-state index contributed by atoms with van der Waals surface area (Å²) in [6, 6.07) is 9.26. The molecule has 2 aromatic carbocycles. The summed E-state index contributed by atoms with van der Waals surface area (Å²) in [5, 5.41) is 4.56. The zero-order valence-electron chi connectivity index (χ0n) is 17.1. The molecular formula is C22H21F2N3O3S2. The molecule has 168 valence electrons. The zero-order valence-corrected chi connectivity index (χ0v) is 18.7. The molecule has 2 heterocycles. The van der Waals surface area contributed by atoms with Gasteiger partial charge in [0.15, 0.2) is 16.8 Å². The maximum absolute atomic E-state index is 13.4. The van der Waals surface area contributed by atoms with E-state index >= 15 is 0 Å². The summed E-state index contributed by atoms with van der Waals surface area (Å²) in [7, 11) is -3.59. The van der Waals surface area contributed by atoms with Crippen molar-refractivity contribution in [1.29, 1.82) is 0 Å². The second kappa shape index (κ2) is 9.43. The number of aromatic nitrogens is 1. The third kappa shape index (κ3) is 4.87. The highest BCUT2D eigenvalue weighted by molar-refractivity contribution is 7.89. The van der Waals surface area contributed by atoms with Gasteiger partial charge in [0.05, 0.1) is 10.6 Å². The van der Waals surface area contributed by atoms with Crippen molar-refractivity contribution >= 4 is 32.4 Å². The number of hydrogen-bond acceptors (Lipinski definition) is 5. The van der Waals surface area contributed by atoms with Crippen LogP contribution in [0.15, 0.2) is 52.7 Å². The van der Waals surface area contributed by atoms with Gasteiger partial charge in [0, 0.05) is 29.6 Å². The van der Waals surface area contributed by atoms with E-state index in [2.05, 4.69) is 10.3 Å². The van der Waals surface area contributed by atoms with E-state index < -0.39 is 27.6 Å². The van der Waals surface area contributed by atoms with Crippen molar-refractivity contribution in [2.75, 3.05) is 18.4 Å². The molecule has 1 fully saturated rings. The number of nitrogens with one attached hydrogen (secondary N) is 1. The van der Waals surface area contributed by atoms with Gasteiger partial charge in [-0.15, -0.1) is 11.3 Å². The Bertz CT molecular complexity index is 1220. The van der Waals surface area contributed by atoms with E-state index in [1.165, 1.54) is 34.6 Å². The van der Waals surface area contributed by atoms with Crippen LogP contribution in [0.2, 0.25) is 0 Å². The molecule has 1 saturated heterocycles. The van der Waals surface area contributed by atoms with Crippen LogP contribution in [-0.4, -0.2) is 36.7 Å². The monoisotopic (exact) mass is 477 g/mol. The van der Waals surface area contributed by atoms with Crippen LogP contribution < -0.4 is 5.32 Å². The van der Waals surface area contributed by atoms with Crippen LogP contribution in [0.5, 0.6) is 0 Å². The summed E-state index contributed by atoms with van der Waals surface area (Å²) in [6.45, 7) is 1.02. The van der Waals surface area contributed by atoms with Crippen molar-refractivity contribution < 1.29 is 22.0 Å². The molecule has 4 rings (SSSR count). The number of thiazole rings is 1. The predicted molar refractivity (Wildman–Crippen MR) is 119 cm³/mol. The lowest BCUT2D eigenvalue weighted by atomic mass is 10.2. The number of carbonyl (C=O) groups is 1. The third-order valence-corrected chi connectivity index (χ3v) is 7.93. The lowest BCUT2D eigenvalue weighted by molar-refractivity contribution is 0.102. The number of rotatable bonds is 5. The van der Waals surface area contributed by atoms with Gasteiger partial charge in [-0.2, -0.15) is 4.31 Å². The van der Waals surface area contributed by atoms with Crippen molar-refractivity contribution in [3.05, 3.63) is 65.0 Å². The van der Waals surface area contributed by atoms with Gasteiger partial charge in [-0.3, -0.25) is 10.1 Å². The van der Waals surface area contributed by atoms with E-state index in [0.29, 0.717) is 24.3 Å². The molecule has 3 aromatic rings. The average molecular weight is 478 g/mol. The van der Waals surface area contributed by atoms with Crippen molar-refractivity contribution in [1.82, 2.24) is 9.29 Å². The SMILES string of the molecule is O=C(Nc1nc(-c2ccc(F)c(F)c2)cs1)c1ccc(S(=O)(=O)N2CCCCCC2)cc1. The summed E-state index contributed by atoms with van der Waals surface area (Å²) in [5.74, 6) is -2.37. The second-order valence-corrected chi connectivity index (χ2v) is 10.3. The molecule has 0 saturated carbocycles. The fraction of sp³-hybridized carbons (Fsp3) is 0.273. The van der Waals surface area contributed by atoms with Crippen LogP contribution in [0.4, 0.5) is 13.9 Å². The lowest BCUT2D eigenvalue weighted by Gasteiger charge is -2.20. The van der Waals surface area contributed by atoms with Gasteiger partial charge in [0.1, 0.15) is 0 Å². The molecule has 1 N–H and O–H groups in total. The van der Waals surface area contributed by atoms with Gasteiger partial charge in [-0.1, -0.05) is 12.8 Å². The molecule has 0 spiro atoms. The molecular weight excluding hydrogens is 456 g/mol.